The van der Waals surface area contributed by atoms with Crippen molar-refractivity contribution in [3.05, 3.63) is 173 Å². The van der Waals surface area contributed by atoms with Gasteiger partial charge in [0.25, 0.3) is 0 Å². The summed E-state index contributed by atoms with van der Waals surface area (Å²) in [7, 11) is 0. The maximum Gasteiger partial charge on any atom is 0.135 e. The van der Waals surface area contributed by atoms with Gasteiger partial charge in [0.15, 0.2) is 0 Å². The van der Waals surface area contributed by atoms with Crippen molar-refractivity contribution in [2.24, 2.45) is 0 Å². The molecule has 1 aliphatic heterocycles. The summed E-state index contributed by atoms with van der Waals surface area (Å²) >= 11 is 1.87. The quantitative estimate of drug-likeness (QED) is 0.173. The number of para-hydroxylation sites is 2. The highest BCUT2D eigenvalue weighted by atomic mass is 32.1. The van der Waals surface area contributed by atoms with E-state index in [0.717, 1.165) is 45.3 Å². The Labute approximate surface area is 298 Å². The number of allylic oxidation sites excluding steroid dienone is 1. The first-order chi connectivity index (χ1) is 25.2. The SMILES string of the molecule is C1=Cc2c(oc3ccccc23)C(c2cccc3sc4ccc(C5NC(c6ccccc6)NC(c6ccc7c(c6)oc6ccccc67)N5)cc4c23)C1. The minimum Gasteiger partial charge on any atom is -0.460 e. The molecule has 2 aliphatic rings. The van der Waals surface area contributed by atoms with Gasteiger partial charge >= 0.3 is 0 Å². The van der Waals surface area contributed by atoms with Crippen LogP contribution in [-0.2, 0) is 0 Å². The zero-order valence-corrected chi connectivity index (χ0v) is 28.4. The molecule has 9 aromatic rings. The fourth-order valence-electron chi connectivity index (χ4n) is 8.34. The summed E-state index contributed by atoms with van der Waals surface area (Å²) in [6.07, 6.45) is 5.16. The molecule has 0 spiro atoms. The van der Waals surface area contributed by atoms with Crippen molar-refractivity contribution in [2.75, 3.05) is 0 Å². The van der Waals surface area contributed by atoms with Gasteiger partial charge in [0.1, 0.15) is 22.5 Å². The second-order valence-electron chi connectivity index (χ2n) is 13.7. The fourth-order valence-corrected chi connectivity index (χ4v) is 9.46. The Balaban J connectivity index is 1.01. The Morgan fingerprint density at radius 2 is 1.20 bits per heavy atom. The molecule has 246 valence electrons. The molecular weight excluding hydrogens is 647 g/mol. The minimum absolute atomic E-state index is 0.0696. The minimum atomic E-state index is -0.120. The average molecular weight is 680 g/mol. The molecule has 1 aliphatic carbocycles. The first-order valence-electron chi connectivity index (χ1n) is 17.6. The molecule has 51 heavy (non-hydrogen) atoms. The molecule has 4 heterocycles. The molecule has 6 heteroatoms. The van der Waals surface area contributed by atoms with Crippen LogP contribution < -0.4 is 16.0 Å². The molecule has 0 amide bonds. The third-order valence-corrected chi connectivity index (χ3v) is 11.9. The van der Waals surface area contributed by atoms with Crippen molar-refractivity contribution >= 4 is 70.5 Å². The maximum absolute atomic E-state index is 6.58. The predicted octanol–water partition coefficient (Wildman–Crippen LogP) is 11.4. The number of fused-ring (bicyclic) bond motifs is 9. The zero-order chi connectivity index (χ0) is 33.5. The van der Waals surface area contributed by atoms with Crippen molar-refractivity contribution in [2.45, 2.75) is 30.8 Å². The molecule has 4 unspecified atom stereocenters. The van der Waals surface area contributed by atoms with Crippen LogP contribution in [-0.4, -0.2) is 0 Å². The van der Waals surface area contributed by atoms with Crippen LogP contribution in [0, 0.1) is 0 Å². The normalized spacial score (nSPS) is 20.5. The fraction of sp³-hybridized carbons (Fsp3) is 0.111. The lowest BCUT2D eigenvalue weighted by Crippen LogP contribution is -2.54. The summed E-state index contributed by atoms with van der Waals surface area (Å²) in [4.78, 5) is 0. The third-order valence-electron chi connectivity index (χ3n) is 10.8. The predicted molar refractivity (Wildman–Crippen MR) is 209 cm³/mol. The van der Waals surface area contributed by atoms with E-state index in [4.69, 9.17) is 8.83 Å². The van der Waals surface area contributed by atoms with Crippen LogP contribution in [0.4, 0.5) is 0 Å². The summed E-state index contributed by atoms with van der Waals surface area (Å²) in [5, 5.41) is 17.7. The molecule has 1 saturated heterocycles. The van der Waals surface area contributed by atoms with Gasteiger partial charge in [-0.2, -0.15) is 0 Å². The summed E-state index contributed by atoms with van der Waals surface area (Å²) in [6.45, 7) is 0. The molecule has 3 N–H and O–H groups in total. The molecular formula is C45H33N3O2S. The highest BCUT2D eigenvalue weighted by molar-refractivity contribution is 7.25. The molecule has 0 bridgehead atoms. The maximum atomic E-state index is 6.58. The lowest BCUT2D eigenvalue weighted by atomic mass is 9.84. The molecule has 1 fully saturated rings. The number of hydrogen-bond donors (Lipinski definition) is 3. The standard InChI is InChI=1S/C45H33N3O2S/c1-2-10-26(11-3-1)43-46-44(48-45(47-43)28-20-22-31-29-12-4-6-17-36(29)49-38(31)25-28)27-21-23-39-35(24-27)41-32(14-9-19-40(41)51-39)34-16-8-15-33-30-13-5-7-18-37(30)50-42(33)34/h1-15,17-25,34,43-48H,16H2. The first kappa shape index (κ1) is 29.3. The Morgan fingerprint density at radius 3 is 2.04 bits per heavy atom. The van der Waals surface area contributed by atoms with Gasteiger partial charge in [-0.05, 0) is 65.1 Å². The lowest BCUT2D eigenvalue weighted by Gasteiger charge is -2.39. The Kier molecular flexibility index (Phi) is 6.61. The van der Waals surface area contributed by atoms with Crippen LogP contribution in [0.1, 0.15) is 64.4 Å². The van der Waals surface area contributed by atoms with Crippen LogP contribution >= 0.6 is 11.3 Å². The van der Waals surface area contributed by atoms with Gasteiger partial charge in [-0.3, -0.25) is 16.0 Å². The number of nitrogens with one attached hydrogen (secondary N) is 3. The molecule has 0 saturated carbocycles. The Hall–Kier alpha value is -5.50. The third kappa shape index (κ3) is 4.72. The molecule has 0 radical (unpaired) electrons. The lowest BCUT2D eigenvalue weighted by molar-refractivity contribution is 0.203. The van der Waals surface area contributed by atoms with E-state index < -0.39 is 0 Å². The molecule has 4 atom stereocenters. The van der Waals surface area contributed by atoms with Gasteiger partial charge in [-0.1, -0.05) is 109 Å². The van der Waals surface area contributed by atoms with Crippen molar-refractivity contribution in [1.29, 1.82) is 0 Å². The molecule has 11 rings (SSSR count). The summed E-state index contributed by atoms with van der Waals surface area (Å²) in [5.74, 6) is 1.22. The molecule has 6 aromatic carbocycles. The number of thiophene rings is 1. The highest BCUT2D eigenvalue weighted by Crippen LogP contribution is 2.46. The van der Waals surface area contributed by atoms with Crippen LogP contribution in [0.2, 0.25) is 0 Å². The van der Waals surface area contributed by atoms with E-state index in [-0.39, 0.29) is 24.4 Å². The van der Waals surface area contributed by atoms with E-state index in [1.165, 1.54) is 47.8 Å². The van der Waals surface area contributed by atoms with E-state index in [2.05, 4.69) is 149 Å². The van der Waals surface area contributed by atoms with E-state index in [0.29, 0.717) is 0 Å². The van der Waals surface area contributed by atoms with Crippen molar-refractivity contribution in [3.63, 3.8) is 0 Å². The number of hydrogen-bond acceptors (Lipinski definition) is 6. The second-order valence-corrected chi connectivity index (χ2v) is 14.8. The van der Waals surface area contributed by atoms with E-state index in [9.17, 15) is 0 Å². The van der Waals surface area contributed by atoms with E-state index in [1.807, 2.05) is 23.5 Å². The Bertz CT molecular complexity index is 2810. The summed E-state index contributed by atoms with van der Waals surface area (Å²) in [6, 6.07) is 47.6. The van der Waals surface area contributed by atoms with Gasteiger partial charge < -0.3 is 8.83 Å². The number of furan rings is 2. The van der Waals surface area contributed by atoms with Crippen LogP contribution in [0.3, 0.4) is 0 Å². The average Bonchev–Trinajstić information content (AvgIpc) is 3.88. The van der Waals surface area contributed by atoms with Crippen LogP contribution in [0.25, 0.3) is 59.2 Å². The summed E-state index contributed by atoms with van der Waals surface area (Å²) in [5.41, 5.74) is 8.81. The number of benzene rings is 6. The largest absolute Gasteiger partial charge is 0.460 e. The Morgan fingerprint density at radius 1 is 0.510 bits per heavy atom. The number of rotatable bonds is 4. The van der Waals surface area contributed by atoms with Gasteiger partial charge in [0.2, 0.25) is 0 Å². The van der Waals surface area contributed by atoms with Crippen molar-refractivity contribution < 1.29 is 8.83 Å². The molecule has 3 aromatic heterocycles. The van der Waals surface area contributed by atoms with Gasteiger partial charge in [0.05, 0.1) is 18.5 Å². The van der Waals surface area contributed by atoms with Crippen LogP contribution in [0.15, 0.2) is 148 Å². The molecule has 5 nitrogen and oxygen atoms in total. The van der Waals surface area contributed by atoms with Crippen molar-refractivity contribution in [3.8, 4) is 0 Å². The van der Waals surface area contributed by atoms with Crippen molar-refractivity contribution in [1.82, 2.24) is 16.0 Å². The highest BCUT2D eigenvalue weighted by Gasteiger charge is 2.31. The summed E-state index contributed by atoms with van der Waals surface area (Å²) < 4.78 is 15.5. The van der Waals surface area contributed by atoms with Gasteiger partial charge in [-0.15, -0.1) is 11.3 Å². The second kappa shape index (κ2) is 11.5. The smallest absolute Gasteiger partial charge is 0.135 e. The first-order valence-corrected chi connectivity index (χ1v) is 18.4. The van der Waals surface area contributed by atoms with Gasteiger partial charge in [0, 0.05) is 47.8 Å². The topological polar surface area (TPSA) is 62.4 Å². The van der Waals surface area contributed by atoms with Crippen LogP contribution in [0.5, 0.6) is 0 Å². The zero-order valence-electron chi connectivity index (χ0n) is 27.6. The van der Waals surface area contributed by atoms with E-state index >= 15 is 0 Å². The van der Waals surface area contributed by atoms with E-state index in [1.54, 1.807) is 0 Å². The monoisotopic (exact) mass is 679 g/mol. The van der Waals surface area contributed by atoms with Gasteiger partial charge in [-0.25, -0.2) is 0 Å².